The number of carbonyl (C=O) groups excluding carboxylic acids is 1. The Morgan fingerprint density at radius 3 is 2.80 bits per heavy atom. The summed E-state index contributed by atoms with van der Waals surface area (Å²) in [5.74, 6) is 2.08. The smallest absolute Gasteiger partial charge is 0.329 e. The number of hydrogen-bond acceptors (Lipinski definition) is 5. The van der Waals surface area contributed by atoms with Gasteiger partial charge in [0.2, 0.25) is 0 Å². The van der Waals surface area contributed by atoms with Crippen molar-refractivity contribution in [2.75, 3.05) is 19.8 Å². The van der Waals surface area contributed by atoms with Gasteiger partial charge in [0.1, 0.15) is 18.7 Å². The van der Waals surface area contributed by atoms with Crippen LogP contribution in [0, 0.1) is 11.8 Å². The molecule has 30 heavy (non-hydrogen) atoms. The minimum atomic E-state index is -0.676. The van der Waals surface area contributed by atoms with Crippen LogP contribution in [0.1, 0.15) is 38.3 Å². The van der Waals surface area contributed by atoms with Crippen LogP contribution in [0.5, 0.6) is 0 Å². The fourth-order valence-electron chi connectivity index (χ4n) is 5.12. The number of alkyl halides is 1. The second-order valence-electron chi connectivity index (χ2n) is 9.00. The molecule has 3 aliphatic heterocycles. The van der Waals surface area contributed by atoms with Crippen molar-refractivity contribution >= 4 is 11.9 Å². The van der Waals surface area contributed by atoms with Gasteiger partial charge in [0.25, 0.3) is 0 Å². The maximum absolute atomic E-state index is 13.5. The molecule has 160 valence electrons. The average Bonchev–Trinajstić information content (AvgIpc) is 3.33. The van der Waals surface area contributed by atoms with Crippen molar-refractivity contribution in [1.82, 2.24) is 25.0 Å². The number of rotatable bonds is 4. The predicted octanol–water partition coefficient (Wildman–Crippen LogP) is 2.93. The number of aromatic nitrogens is 1. The van der Waals surface area contributed by atoms with Gasteiger partial charge in [0, 0.05) is 44.0 Å². The van der Waals surface area contributed by atoms with Crippen LogP contribution in [0.15, 0.2) is 41.4 Å². The lowest BCUT2D eigenvalue weighted by molar-refractivity contribution is 0.138. The van der Waals surface area contributed by atoms with Crippen LogP contribution in [0.2, 0.25) is 0 Å². The van der Waals surface area contributed by atoms with Crippen molar-refractivity contribution in [2.24, 2.45) is 16.8 Å². The van der Waals surface area contributed by atoms with E-state index in [0.29, 0.717) is 37.3 Å². The molecule has 2 atom stereocenters. The van der Waals surface area contributed by atoms with Crippen LogP contribution >= 0.6 is 0 Å². The summed E-state index contributed by atoms with van der Waals surface area (Å²) in [6.45, 7) is 5.34. The van der Waals surface area contributed by atoms with Gasteiger partial charge in [-0.2, -0.15) is 0 Å². The summed E-state index contributed by atoms with van der Waals surface area (Å²) in [6, 6.07) is 6.17. The van der Waals surface area contributed by atoms with E-state index in [2.05, 4.69) is 27.0 Å². The van der Waals surface area contributed by atoms with Gasteiger partial charge >= 0.3 is 6.03 Å². The molecule has 2 amide bonds. The molecule has 0 aromatic carbocycles. The third-order valence-corrected chi connectivity index (χ3v) is 6.82. The minimum Gasteiger partial charge on any atom is -0.353 e. The molecule has 1 saturated carbocycles. The molecule has 0 spiro atoms. The molecule has 0 radical (unpaired) electrons. The molecule has 7 nitrogen and oxygen atoms in total. The number of pyridine rings is 1. The van der Waals surface area contributed by atoms with E-state index in [-0.39, 0.29) is 11.9 Å². The number of amides is 2. The number of nitrogens with zero attached hydrogens (tertiary/aromatic N) is 5. The zero-order chi connectivity index (χ0) is 20.7. The number of aliphatic imine (C=N–C) groups is 1. The summed E-state index contributed by atoms with van der Waals surface area (Å²) in [7, 11) is 0. The van der Waals surface area contributed by atoms with Crippen LogP contribution in [0.25, 0.3) is 0 Å². The molecule has 0 bridgehead atoms. The number of amidine groups is 1. The molecule has 4 heterocycles. The Morgan fingerprint density at radius 2 is 2.03 bits per heavy atom. The first-order chi connectivity index (χ1) is 14.6. The van der Waals surface area contributed by atoms with E-state index < -0.39 is 6.17 Å². The van der Waals surface area contributed by atoms with Crippen LogP contribution < -0.4 is 5.32 Å². The summed E-state index contributed by atoms with van der Waals surface area (Å²) in [6.07, 6.45) is 6.02. The number of likely N-dealkylation sites (tertiary alicyclic amines) is 1. The average molecular weight is 413 g/mol. The first-order valence-electron chi connectivity index (χ1n) is 11.0. The van der Waals surface area contributed by atoms with Gasteiger partial charge < -0.3 is 4.90 Å². The molecule has 1 aliphatic carbocycles. The highest BCUT2D eigenvalue weighted by atomic mass is 19.1. The van der Waals surface area contributed by atoms with E-state index >= 15 is 0 Å². The zero-order valence-corrected chi connectivity index (χ0v) is 17.4. The number of nitrogens with one attached hydrogen (secondary N) is 1. The largest absolute Gasteiger partial charge is 0.353 e. The Hall–Kier alpha value is -2.48. The fraction of sp³-hybridized carbons (Fsp3) is 0.591. The van der Waals surface area contributed by atoms with Gasteiger partial charge in [0.15, 0.2) is 5.82 Å². The van der Waals surface area contributed by atoms with Crippen molar-refractivity contribution in [3.63, 3.8) is 0 Å². The van der Waals surface area contributed by atoms with Gasteiger partial charge in [-0.25, -0.2) is 14.2 Å². The van der Waals surface area contributed by atoms with E-state index in [9.17, 15) is 9.18 Å². The number of fused-ring (bicyclic) bond motifs is 1. The normalized spacial score (nSPS) is 32.0. The zero-order valence-electron chi connectivity index (χ0n) is 17.4. The van der Waals surface area contributed by atoms with Crippen LogP contribution in [0.4, 0.5) is 9.18 Å². The molecule has 1 aromatic heterocycles. The summed E-state index contributed by atoms with van der Waals surface area (Å²) in [4.78, 5) is 28.3. The highest BCUT2D eigenvalue weighted by Crippen LogP contribution is 2.32. The van der Waals surface area contributed by atoms with E-state index in [1.54, 1.807) is 4.90 Å². The molecular weight excluding hydrogens is 383 g/mol. The molecule has 1 aromatic rings. The molecule has 4 aliphatic rings. The van der Waals surface area contributed by atoms with E-state index in [4.69, 9.17) is 4.99 Å². The lowest BCUT2D eigenvalue weighted by atomic mass is 9.93. The number of carbonyl (C=O) groups is 1. The van der Waals surface area contributed by atoms with Gasteiger partial charge in [-0.15, -0.1) is 0 Å². The van der Waals surface area contributed by atoms with Crippen molar-refractivity contribution < 1.29 is 9.18 Å². The van der Waals surface area contributed by atoms with Gasteiger partial charge in [0.05, 0.1) is 5.69 Å². The third-order valence-electron chi connectivity index (χ3n) is 6.82. The van der Waals surface area contributed by atoms with Crippen LogP contribution in [0.3, 0.4) is 0 Å². The summed E-state index contributed by atoms with van der Waals surface area (Å²) >= 11 is 0. The monoisotopic (exact) mass is 412 g/mol. The Kier molecular flexibility index (Phi) is 5.18. The Labute approximate surface area is 176 Å². The topological polar surface area (TPSA) is 64.1 Å². The maximum Gasteiger partial charge on any atom is 0.329 e. The fourth-order valence-corrected chi connectivity index (χ4v) is 5.12. The van der Waals surface area contributed by atoms with Gasteiger partial charge in [-0.3, -0.25) is 20.1 Å². The summed E-state index contributed by atoms with van der Waals surface area (Å²) < 4.78 is 13.5. The first kappa shape index (κ1) is 19.5. The lowest BCUT2D eigenvalue weighted by Gasteiger charge is -2.33. The molecule has 2 unspecified atom stereocenters. The Bertz CT molecular complexity index is 850. The van der Waals surface area contributed by atoms with Crippen molar-refractivity contribution in [3.8, 4) is 0 Å². The highest BCUT2D eigenvalue weighted by molar-refractivity contribution is 6.02. The van der Waals surface area contributed by atoms with Crippen LogP contribution in [-0.2, 0) is 6.54 Å². The molecule has 2 fully saturated rings. The Balaban J connectivity index is 1.28. The molecule has 8 heteroatoms. The summed E-state index contributed by atoms with van der Waals surface area (Å²) in [5, 5.41) is 3.04. The lowest BCUT2D eigenvalue weighted by Crippen LogP contribution is -2.50. The van der Waals surface area contributed by atoms with Crippen molar-refractivity contribution in [3.05, 3.63) is 42.1 Å². The second-order valence-corrected chi connectivity index (χ2v) is 9.00. The summed E-state index contributed by atoms with van der Waals surface area (Å²) in [5.41, 5.74) is 1.06. The van der Waals surface area contributed by atoms with E-state index in [0.717, 1.165) is 44.0 Å². The second kappa shape index (κ2) is 7.98. The first-order valence-corrected chi connectivity index (χ1v) is 11.0. The molecular formula is C22H29FN6O. The quantitative estimate of drug-likeness (QED) is 0.826. The number of hydrogen-bond donors (Lipinski definition) is 1. The van der Waals surface area contributed by atoms with Crippen LogP contribution in [-0.4, -0.2) is 63.5 Å². The predicted molar refractivity (Wildman–Crippen MR) is 112 cm³/mol. The standard InChI is InChI=1S/C22H29FN6O/c1-15-10-27(11-17-4-2-3-9-24-17)12-19(15)21-25-20-13-28(14-29(20)22(30)26-21)18-7-5-16(23)6-8-18/h2-4,9,13,15-16,18-19H,5-8,10-12,14H2,1H3,(H,25,26,30). The van der Waals surface area contributed by atoms with E-state index in [1.807, 2.05) is 30.6 Å². The molecule has 5 rings (SSSR count). The minimum absolute atomic E-state index is 0.108. The van der Waals surface area contributed by atoms with Crippen molar-refractivity contribution in [2.45, 2.75) is 51.4 Å². The molecule has 1 saturated heterocycles. The maximum atomic E-state index is 13.5. The Morgan fingerprint density at radius 1 is 1.20 bits per heavy atom. The van der Waals surface area contributed by atoms with Gasteiger partial charge in [-0.1, -0.05) is 13.0 Å². The SMILES string of the molecule is CC1CN(Cc2ccccn2)CC1C1=NC2=CN(C3CCC(F)CC3)CN2C(=O)N1. The molecule has 1 N–H and O–H groups in total. The highest BCUT2D eigenvalue weighted by Gasteiger charge is 2.40. The number of halogens is 1. The third kappa shape index (κ3) is 3.80. The van der Waals surface area contributed by atoms with Crippen molar-refractivity contribution in [1.29, 1.82) is 0 Å². The van der Waals surface area contributed by atoms with E-state index in [1.165, 1.54) is 0 Å². The van der Waals surface area contributed by atoms with Gasteiger partial charge in [-0.05, 0) is 43.7 Å². The number of urea groups is 1.